The van der Waals surface area contributed by atoms with Crippen molar-refractivity contribution in [2.45, 2.75) is 64.5 Å². The fraction of sp³-hybridized carbons (Fsp3) is 0.917. The van der Waals surface area contributed by atoms with E-state index in [2.05, 4.69) is 19.2 Å². The van der Waals surface area contributed by atoms with Gasteiger partial charge < -0.3 is 11.1 Å². The summed E-state index contributed by atoms with van der Waals surface area (Å²) in [6.07, 6.45) is 6.41. The first-order valence-electron chi connectivity index (χ1n) is 6.19. The lowest BCUT2D eigenvalue weighted by Gasteiger charge is -2.16. The number of nitrogens with one attached hydrogen (secondary N) is 1. The number of carbonyl (C=O) groups excluding carboxylic acids is 1. The van der Waals surface area contributed by atoms with Crippen LogP contribution in [0.15, 0.2) is 0 Å². The van der Waals surface area contributed by atoms with E-state index in [-0.39, 0.29) is 11.9 Å². The monoisotopic (exact) mass is 212 g/mol. The van der Waals surface area contributed by atoms with E-state index in [4.69, 9.17) is 5.73 Å². The van der Waals surface area contributed by atoms with Crippen molar-refractivity contribution in [1.82, 2.24) is 5.32 Å². The Bertz CT molecular complexity index is 206. The zero-order valence-electron chi connectivity index (χ0n) is 9.96. The fourth-order valence-electron chi connectivity index (χ4n) is 2.20. The van der Waals surface area contributed by atoms with Crippen molar-refractivity contribution in [3.05, 3.63) is 0 Å². The van der Waals surface area contributed by atoms with Gasteiger partial charge in [0.15, 0.2) is 0 Å². The third-order valence-electron chi connectivity index (χ3n) is 3.25. The average Bonchev–Trinajstić information content (AvgIpc) is 2.60. The highest BCUT2D eigenvalue weighted by molar-refractivity contribution is 5.81. The molecule has 0 bridgehead atoms. The highest BCUT2D eigenvalue weighted by Gasteiger charge is 2.24. The largest absolute Gasteiger partial charge is 0.352 e. The van der Waals surface area contributed by atoms with Gasteiger partial charge >= 0.3 is 0 Å². The first-order chi connectivity index (χ1) is 7.13. The lowest BCUT2D eigenvalue weighted by Crippen LogP contribution is -2.44. The minimum atomic E-state index is -0.305. The van der Waals surface area contributed by atoms with Crippen molar-refractivity contribution in [1.29, 1.82) is 0 Å². The summed E-state index contributed by atoms with van der Waals surface area (Å²) in [5, 5.41) is 3.05. The number of amides is 1. The molecule has 3 atom stereocenters. The molecule has 3 unspecified atom stereocenters. The maximum absolute atomic E-state index is 11.7. The number of nitrogens with two attached hydrogens (primary N) is 1. The van der Waals surface area contributed by atoms with Gasteiger partial charge in [-0.1, -0.05) is 26.7 Å². The SMILES string of the molecule is CCCCC(N)C(=O)NC1CCC(C)C1. The van der Waals surface area contributed by atoms with Gasteiger partial charge in [0.05, 0.1) is 6.04 Å². The molecule has 15 heavy (non-hydrogen) atoms. The smallest absolute Gasteiger partial charge is 0.237 e. The highest BCUT2D eigenvalue weighted by atomic mass is 16.2. The molecular weight excluding hydrogens is 188 g/mol. The number of carbonyl (C=O) groups is 1. The van der Waals surface area contributed by atoms with Crippen LogP contribution in [0.1, 0.15) is 52.4 Å². The summed E-state index contributed by atoms with van der Waals surface area (Å²) in [7, 11) is 0. The lowest BCUT2D eigenvalue weighted by molar-refractivity contribution is -0.123. The quantitative estimate of drug-likeness (QED) is 0.730. The van der Waals surface area contributed by atoms with Crippen LogP contribution >= 0.6 is 0 Å². The van der Waals surface area contributed by atoms with Gasteiger partial charge in [-0.25, -0.2) is 0 Å². The molecule has 1 aliphatic carbocycles. The molecule has 1 aliphatic rings. The molecule has 0 aromatic carbocycles. The van der Waals surface area contributed by atoms with Crippen molar-refractivity contribution in [3.8, 4) is 0 Å². The second-order valence-electron chi connectivity index (χ2n) is 4.87. The van der Waals surface area contributed by atoms with Crippen LogP contribution < -0.4 is 11.1 Å². The third-order valence-corrected chi connectivity index (χ3v) is 3.25. The summed E-state index contributed by atoms with van der Waals surface area (Å²) in [6.45, 7) is 4.35. The zero-order valence-corrected chi connectivity index (χ0v) is 9.96. The molecule has 0 spiro atoms. The van der Waals surface area contributed by atoms with Crippen molar-refractivity contribution in [2.24, 2.45) is 11.7 Å². The summed E-state index contributed by atoms with van der Waals surface area (Å²) < 4.78 is 0. The molecule has 1 rings (SSSR count). The predicted molar refractivity (Wildman–Crippen MR) is 62.4 cm³/mol. The highest BCUT2D eigenvalue weighted by Crippen LogP contribution is 2.24. The molecule has 0 aromatic heterocycles. The Morgan fingerprint density at radius 2 is 2.27 bits per heavy atom. The standard InChI is InChI=1S/C12H24N2O/c1-3-4-5-11(13)12(15)14-10-7-6-9(2)8-10/h9-11H,3-8,13H2,1-2H3,(H,14,15). The molecule has 0 heterocycles. The Hall–Kier alpha value is -0.570. The van der Waals surface area contributed by atoms with E-state index < -0.39 is 0 Å². The molecule has 1 amide bonds. The van der Waals surface area contributed by atoms with Gasteiger partial charge in [0.2, 0.25) is 5.91 Å². The summed E-state index contributed by atoms with van der Waals surface area (Å²) >= 11 is 0. The van der Waals surface area contributed by atoms with E-state index in [1.54, 1.807) is 0 Å². The topological polar surface area (TPSA) is 55.1 Å². The molecule has 3 nitrogen and oxygen atoms in total. The first-order valence-corrected chi connectivity index (χ1v) is 6.19. The predicted octanol–water partition coefficient (Wildman–Crippen LogP) is 1.81. The number of hydrogen-bond acceptors (Lipinski definition) is 2. The molecule has 3 heteroatoms. The van der Waals surface area contributed by atoms with Crippen LogP contribution in [0.3, 0.4) is 0 Å². The lowest BCUT2D eigenvalue weighted by atomic mass is 10.1. The van der Waals surface area contributed by atoms with E-state index in [1.807, 2.05) is 0 Å². The number of rotatable bonds is 5. The van der Waals surface area contributed by atoms with Crippen molar-refractivity contribution in [3.63, 3.8) is 0 Å². The van der Waals surface area contributed by atoms with E-state index in [0.29, 0.717) is 6.04 Å². The molecule has 1 saturated carbocycles. The van der Waals surface area contributed by atoms with Gasteiger partial charge in [0.25, 0.3) is 0 Å². The maximum Gasteiger partial charge on any atom is 0.237 e. The van der Waals surface area contributed by atoms with Gasteiger partial charge in [-0.05, 0) is 31.6 Å². The maximum atomic E-state index is 11.7. The van der Waals surface area contributed by atoms with Crippen LogP contribution in [-0.4, -0.2) is 18.0 Å². The van der Waals surface area contributed by atoms with Gasteiger partial charge in [-0.3, -0.25) is 4.79 Å². The minimum absolute atomic E-state index is 0.0440. The van der Waals surface area contributed by atoms with Crippen molar-refractivity contribution in [2.75, 3.05) is 0 Å². The van der Waals surface area contributed by atoms with E-state index in [0.717, 1.165) is 38.0 Å². The second kappa shape index (κ2) is 6.11. The van der Waals surface area contributed by atoms with E-state index in [1.165, 1.54) is 6.42 Å². The molecule has 0 aromatic rings. The van der Waals surface area contributed by atoms with Gasteiger partial charge in [-0.15, -0.1) is 0 Å². The van der Waals surface area contributed by atoms with Crippen LogP contribution in [0.4, 0.5) is 0 Å². The summed E-state index contributed by atoms with van der Waals surface area (Å²) in [6, 6.07) is 0.0704. The molecule has 0 aliphatic heterocycles. The van der Waals surface area contributed by atoms with Crippen LogP contribution in [-0.2, 0) is 4.79 Å². The Morgan fingerprint density at radius 3 is 2.80 bits per heavy atom. The Kier molecular flexibility index (Phi) is 5.09. The van der Waals surface area contributed by atoms with Crippen molar-refractivity contribution < 1.29 is 4.79 Å². The first kappa shape index (κ1) is 12.5. The van der Waals surface area contributed by atoms with Crippen molar-refractivity contribution >= 4 is 5.91 Å². The average molecular weight is 212 g/mol. The summed E-state index contributed by atoms with van der Waals surface area (Å²) in [5.74, 6) is 0.796. The molecular formula is C12H24N2O. The molecule has 3 N–H and O–H groups in total. The van der Waals surface area contributed by atoms with Crippen LogP contribution in [0.2, 0.25) is 0 Å². The van der Waals surface area contributed by atoms with Gasteiger partial charge in [-0.2, -0.15) is 0 Å². The number of hydrogen-bond donors (Lipinski definition) is 2. The van der Waals surface area contributed by atoms with Gasteiger partial charge in [0, 0.05) is 6.04 Å². The summed E-state index contributed by atoms with van der Waals surface area (Å²) in [4.78, 5) is 11.7. The van der Waals surface area contributed by atoms with E-state index >= 15 is 0 Å². The van der Waals surface area contributed by atoms with Gasteiger partial charge in [0.1, 0.15) is 0 Å². The zero-order chi connectivity index (χ0) is 11.3. The summed E-state index contributed by atoms with van der Waals surface area (Å²) in [5.41, 5.74) is 5.80. The Labute approximate surface area is 92.8 Å². The normalized spacial score (nSPS) is 27.7. The second-order valence-corrected chi connectivity index (χ2v) is 4.87. The molecule has 88 valence electrons. The number of unbranched alkanes of at least 4 members (excludes halogenated alkanes) is 1. The van der Waals surface area contributed by atoms with Crippen LogP contribution in [0.5, 0.6) is 0 Å². The minimum Gasteiger partial charge on any atom is -0.352 e. The van der Waals surface area contributed by atoms with E-state index in [9.17, 15) is 4.79 Å². The molecule has 0 saturated heterocycles. The fourth-order valence-corrected chi connectivity index (χ4v) is 2.20. The molecule has 0 radical (unpaired) electrons. The molecule has 1 fully saturated rings. The van der Waals surface area contributed by atoms with Crippen LogP contribution in [0.25, 0.3) is 0 Å². The Morgan fingerprint density at radius 1 is 1.53 bits per heavy atom. The van der Waals surface area contributed by atoms with Crippen LogP contribution in [0, 0.1) is 5.92 Å². The third kappa shape index (κ3) is 4.20. The Balaban J connectivity index is 2.22.